The van der Waals surface area contributed by atoms with Crippen molar-refractivity contribution >= 4 is 21.6 Å². The Balaban J connectivity index is 2.61. The highest BCUT2D eigenvalue weighted by molar-refractivity contribution is 7.90. The van der Waals surface area contributed by atoms with Gasteiger partial charge in [0.1, 0.15) is 0 Å². The van der Waals surface area contributed by atoms with Gasteiger partial charge in [-0.15, -0.1) is 0 Å². The normalized spacial score (nSPS) is 12.0. The number of rotatable bonds is 3. The molecule has 0 aromatic heterocycles. The van der Waals surface area contributed by atoms with Crippen molar-refractivity contribution < 1.29 is 13.2 Å². The number of sulfone groups is 1. The van der Waals surface area contributed by atoms with Gasteiger partial charge in [0.2, 0.25) is 0 Å². The predicted molar refractivity (Wildman–Crippen MR) is 76.0 cm³/mol. The minimum absolute atomic E-state index is 0.0114. The molecular weight excluding hydrogens is 264 g/mol. The van der Waals surface area contributed by atoms with Gasteiger partial charge in [0.15, 0.2) is 9.84 Å². The van der Waals surface area contributed by atoms with E-state index in [1.165, 1.54) is 12.1 Å². The topological polar surface area (TPSA) is 75.3 Å². The molecule has 0 fully saturated rings. The van der Waals surface area contributed by atoms with E-state index in [9.17, 15) is 13.2 Å². The van der Waals surface area contributed by atoms with Gasteiger partial charge in [0, 0.05) is 18.5 Å². The molecule has 2 amide bonds. The average Bonchev–Trinajstić information content (AvgIpc) is 2.25. The lowest BCUT2D eigenvalue weighted by Crippen LogP contribution is -2.35. The number of nitrogens with one attached hydrogen (secondary N) is 2. The van der Waals surface area contributed by atoms with Gasteiger partial charge in [-0.3, -0.25) is 0 Å². The summed E-state index contributed by atoms with van der Waals surface area (Å²) in [6.07, 6.45) is 1.14. The highest BCUT2D eigenvalue weighted by Crippen LogP contribution is 2.14. The van der Waals surface area contributed by atoms with E-state index in [-0.39, 0.29) is 16.3 Å². The summed E-state index contributed by atoms with van der Waals surface area (Å²) >= 11 is 0. The minimum atomic E-state index is -3.21. The lowest BCUT2D eigenvalue weighted by atomic mass is 9.97. The molecule has 0 aliphatic rings. The highest BCUT2D eigenvalue weighted by atomic mass is 32.2. The first kappa shape index (κ1) is 15.5. The van der Waals surface area contributed by atoms with Crippen LogP contribution in [-0.4, -0.2) is 27.2 Å². The molecule has 19 heavy (non-hydrogen) atoms. The van der Waals surface area contributed by atoms with Crippen molar-refractivity contribution in [3.63, 3.8) is 0 Å². The first-order valence-corrected chi connectivity index (χ1v) is 7.82. The maximum atomic E-state index is 11.6. The van der Waals surface area contributed by atoms with Crippen LogP contribution in [0.1, 0.15) is 20.8 Å². The Morgan fingerprint density at radius 2 is 1.68 bits per heavy atom. The maximum absolute atomic E-state index is 11.6. The average molecular weight is 284 g/mol. The van der Waals surface area contributed by atoms with Crippen LogP contribution in [0.25, 0.3) is 0 Å². The van der Waals surface area contributed by atoms with Crippen molar-refractivity contribution in [2.75, 3.05) is 18.1 Å². The number of anilines is 1. The summed E-state index contributed by atoms with van der Waals surface area (Å²) in [5, 5.41) is 5.40. The summed E-state index contributed by atoms with van der Waals surface area (Å²) in [6.45, 7) is 6.62. The molecule has 106 valence electrons. The van der Waals surface area contributed by atoms with Gasteiger partial charge in [-0.1, -0.05) is 20.8 Å². The standard InChI is InChI=1S/C13H20N2O3S/c1-13(2,3)9-14-12(16)15-10-5-7-11(8-6-10)19(4,17)18/h5-8H,9H2,1-4H3,(H2,14,15,16). The summed E-state index contributed by atoms with van der Waals surface area (Å²) in [5.74, 6) is 0. The molecule has 0 saturated carbocycles. The summed E-state index contributed by atoms with van der Waals surface area (Å²) in [6, 6.07) is 5.76. The minimum Gasteiger partial charge on any atom is -0.337 e. The van der Waals surface area contributed by atoms with Crippen LogP contribution >= 0.6 is 0 Å². The second kappa shape index (κ2) is 5.61. The predicted octanol–water partition coefficient (Wildman–Crippen LogP) is 2.26. The van der Waals surface area contributed by atoms with Crippen molar-refractivity contribution in [1.82, 2.24) is 5.32 Å². The molecule has 0 saturated heterocycles. The Bertz CT molecular complexity index is 542. The Labute approximate surface area is 114 Å². The summed E-state index contributed by atoms with van der Waals surface area (Å²) in [5.41, 5.74) is 0.566. The Hall–Kier alpha value is -1.56. The molecule has 6 heteroatoms. The largest absolute Gasteiger partial charge is 0.337 e. The van der Waals surface area contributed by atoms with E-state index < -0.39 is 9.84 Å². The number of urea groups is 1. The Morgan fingerprint density at radius 1 is 1.16 bits per heavy atom. The molecule has 1 aromatic carbocycles. The zero-order valence-electron chi connectivity index (χ0n) is 11.6. The van der Waals surface area contributed by atoms with Crippen molar-refractivity contribution in [3.8, 4) is 0 Å². The fourth-order valence-electron chi connectivity index (χ4n) is 1.31. The Morgan fingerprint density at radius 3 is 2.11 bits per heavy atom. The van der Waals surface area contributed by atoms with Gasteiger partial charge in [0.25, 0.3) is 0 Å². The lowest BCUT2D eigenvalue weighted by Gasteiger charge is -2.18. The number of carbonyl (C=O) groups is 1. The molecule has 0 unspecified atom stereocenters. The second-order valence-corrected chi connectivity index (χ2v) is 7.68. The molecular formula is C13H20N2O3S. The van der Waals surface area contributed by atoms with E-state index in [0.717, 1.165) is 6.26 Å². The van der Waals surface area contributed by atoms with Crippen molar-refractivity contribution in [3.05, 3.63) is 24.3 Å². The van der Waals surface area contributed by atoms with Gasteiger partial charge in [-0.05, 0) is 29.7 Å². The SMILES string of the molecule is CC(C)(C)CNC(=O)Nc1ccc(S(C)(=O)=O)cc1. The van der Waals surface area contributed by atoms with E-state index >= 15 is 0 Å². The van der Waals surface area contributed by atoms with Crippen molar-refractivity contribution in [2.24, 2.45) is 5.41 Å². The number of carbonyl (C=O) groups excluding carboxylic acids is 1. The van der Waals surface area contributed by atoms with Crippen LogP contribution in [0.2, 0.25) is 0 Å². The summed E-state index contributed by atoms with van der Waals surface area (Å²) < 4.78 is 22.6. The maximum Gasteiger partial charge on any atom is 0.319 e. The lowest BCUT2D eigenvalue weighted by molar-refractivity contribution is 0.247. The zero-order valence-corrected chi connectivity index (χ0v) is 12.5. The van der Waals surface area contributed by atoms with E-state index in [2.05, 4.69) is 10.6 Å². The van der Waals surface area contributed by atoms with E-state index in [0.29, 0.717) is 12.2 Å². The molecule has 5 nitrogen and oxygen atoms in total. The number of amides is 2. The first-order valence-electron chi connectivity index (χ1n) is 5.93. The third-order valence-electron chi connectivity index (χ3n) is 2.32. The molecule has 0 atom stereocenters. The van der Waals surface area contributed by atoms with Gasteiger partial charge in [-0.2, -0.15) is 0 Å². The third kappa shape index (κ3) is 5.74. The molecule has 0 aliphatic heterocycles. The highest BCUT2D eigenvalue weighted by Gasteiger charge is 2.12. The molecule has 0 aliphatic carbocycles. The zero-order chi connectivity index (χ0) is 14.7. The van der Waals surface area contributed by atoms with Crippen LogP contribution in [0.15, 0.2) is 29.2 Å². The molecule has 1 aromatic rings. The van der Waals surface area contributed by atoms with E-state index in [4.69, 9.17) is 0 Å². The fourth-order valence-corrected chi connectivity index (χ4v) is 1.94. The van der Waals surface area contributed by atoms with Gasteiger partial charge >= 0.3 is 6.03 Å². The molecule has 0 radical (unpaired) electrons. The van der Waals surface area contributed by atoms with Crippen LogP contribution < -0.4 is 10.6 Å². The summed E-state index contributed by atoms with van der Waals surface area (Å²) in [4.78, 5) is 11.8. The number of benzene rings is 1. The van der Waals surface area contributed by atoms with Crippen LogP contribution in [0.3, 0.4) is 0 Å². The van der Waals surface area contributed by atoms with Crippen LogP contribution in [-0.2, 0) is 9.84 Å². The third-order valence-corrected chi connectivity index (χ3v) is 3.45. The summed E-state index contributed by atoms with van der Waals surface area (Å²) in [7, 11) is -3.21. The molecule has 0 bridgehead atoms. The van der Waals surface area contributed by atoms with Crippen LogP contribution in [0.5, 0.6) is 0 Å². The number of hydrogen-bond acceptors (Lipinski definition) is 3. The molecule has 2 N–H and O–H groups in total. The van der Waals surface area contributed by atoms with Crippen LogP contribution in [0.4, 0.5) is 10.5 Å². The number of hydrogen-bond donors (Lipinski definition) is 2. The molecule has 0 heterocycles. The van der Waals surface area contributed by atoms with Crippen molar-refractivity contribution in [2.45, 2.75) is 25.7 Å². The Kier molecular flexibility index (Phi) is 4.57. The quantitative estimate of drug-likeness (QED) is 0.894. The van der Waals surface area contributed by atoms with E-state index in [1.807, 2.05) is 20.8 Å². The fraction of sp³-hybridized carbons (Fsp3) is 0.462. The van der Waals surface area contributed by atoms with Crippen LogP contribution in [0, 0.1) is 5.41 Å². The van der Waals surface area contributed by atoms with Crippen molar-refractivity contribution in [1.29, 1.82) is 0 Å². The van der Waals surface area contributed by atoms with E-state index in [1.54, 1.807) is 12.1 Å². The first-order chi connectivity index (χ1) is 8.58. The van der Waals surface area contributed by atoms with Gasteiger partial charge in [0.05, 0.1) is 4.90 Å². The molecule has 0 spiro atoms. The van der Waals surface area contributed by atoms with Gasteiger partial charge in [-0.25, -0.2) is 13.2 Å². The second-order valence-electron chi connectivity index (χ2n) is 5.66. The smallest absolute Gasteiger partial charge is 0.319 e. The monoisotopic (exact) mass is 284 g/mol. The van der Waals surface area contributed by atoms with Gasteiger partial charge < -0.3 is 10.6 Å². The molecule has 1 rings (SSSR count).